The number of nitrogens with one attached hydrogen (secondary N) is 2. The molecule has 0 saturated carbocycles. The number of aliphatic imine (C=N–C) groups is 1. The third kappa shape index (κ3) is 8.19. The number of hydrogen-bond acceptors (Lipinski definition) is 2. The minimum absolute atomic E-state index is 0. The van der Waals surface area contributed by atoms with E-state index in [1.165, 1.54) is 19.3 Å². The van der Waals surface area contributed by atoms with Gasteiger partial charge in [0.05, 0.1) is 0 Å². The Kier molecular flexibility index (Phi) is 11.7. The number of rotatable bonds is 7. The number of carbonyl (C=O) groups excluding carboxylic acids is 1. The second-order valence-corrected chi connectivity index (χ2v) is 6.21. The predicted octanol–water partition coefficient (Wildman–Crippen LogP) is 2.61. The van der Waals surface area contributed by atoms with Gasteiger partial charge in [0, 0.05) is 39.1 Å². The van der Waals surface area contributed by atoms with Crippen LogP contribution in [0.1, 0.15) is 52.9 Å². The maximum Gasteiger partial charge on any atom is 0.222 e. The van der Waals surface area contributed by atoms with Crippen molar-refractivity contribution in [3.8, 4) is 0 Å². The van der Waals surface area contributed by atoms with Crippen molar-refractivity contribution >= 4 is 35.8 Å². The Morgan fingerprint density at radius 2 is 2.09 bits per heavy atom. The first-order valence-electron chi connectivity index (χ1n) is 8.31. The highest BCUT2D eigenvalue weighted by atomic mass is 127. The van der Waals surface area contributed by atoms with Crippen molar-refractivity contribution in [3.05, 3.63) is 0 Å². The van der Waals surface area contributed by atoms with Crippen molar-refractivity contribution in [1.29, 1.82) is 0 Å². The molecule has 1 saturated heterocycles. The molecule has 5 nitrogen and oxygen atoms in total. The Bertz CT molecular complexity index is 347. The summed E-state index contributed by atoms with van der Waals surface area (Å²) in [4.78, 5) is 17.9. The van der Waals surface area contributed by atoms with Gasteiger partial charge in [0.2, 0.25) is 5.91 Å². The minimum atomic E-state index is 0. The molecule has 0 bridgehead atoms. The average molecular weight is 424 g/mol. The van der Waals surface area contributed by atoms with Crippen molar-refractivity contribution in [2.75, 3.05) is 26.7 Å². The summed E-state index contributed by atoms with van der Waals surface area (Å²) in [5.41, 5.74) is 0. The molecule has 1 fully saturated rings. The van der Waals surface area contributed by atoms with Gasteiger partial charge in [0.15, 0.2) is 5.96 Å². The molecule has 1 amide bonds. The van der Waals surface area contributed by atoms with E-state index in [-0.39, 0.29) is 29.9 Å². The topological polar surface area (TPSA) is 56.7 Å². The summed E-state index contributed by atoms with van der Waals surface area (Å²) in [6.45, 7) is 9.04. The third-order valence-electron chi connectivity index (χ3n) is 3.91. The maximum absolute atomic E-state index is 11.7. The lowest BCUT2D eigenvalue weighted by molar-refractivity contribution is -0.129. The van der Waals surface area contributed by atoms with Crippen molar-refractivity contribution in [3.63, 3.8) is 0 Å². The molecule has 1 rings (SSSR count). The van der Waals surface area contributed by atoms with Gasteiger partial charge in [-0.05, 0) is 18.8 Å². The van der Waals surface area contributed by atoms with Crippen LogP contribution < -0.4 is 10.6 Å². The highest BCUT2D eigenvalue weighted by Gasteiger charge is 2.25. The average Bonchev–Trinajstić information content (AvgIpc) is 2.93. The van der Waals surface area contributed by atoms with Gasteiger partial charge in [-0.2, -0.15) is 0 Å². The lowest BCUT2D eigenvalue weighted by atomic mass is 10.1. The largest absolute Gasteiger partial charge is 0.356 e. The van der Waals surface area contributed by atoms with Crippen LogP contribution in [0.4, 0.5) is 0 Å². The molecule has 1 heterocycles. The van der Waals surface area contributed by atoms with Crippen LogP contribution in [0.2, 0.25) is 0 Å². The van der Waals surface area contributed by atoms with Gasteiger partial charge < -0.3 is 15.5 Å². The van der Waals surface area contributed by atoms with Crippen LogP contribution >= 0.6 is 24.0 Å². The molecule has 1 aliphatic rings. The first-order valence-corrected chi connectivity index (χ1v) is 8.31. The number of guanidine groups is 1. The molecule has 1 unspecified atom stereocenters. The van der Waals surface area contributed by atoms with Gasteiger partial charge in [-0.1, -0.05) is 33.6 Å². The summed E-state index contributed by atoms with van der Waals surface area (Å²) in [6.07, 6.45) is 5.30. The van der Waals surface area contributed by atoms with E-state index >= 15 is 0 Å². The monoisotopic (exact) mass is 424 g/mol. The summed E-state index contributed by atoms with van der Waals surface area (Å²) in [5.74, 6) is 1.88. The van der Waals surface area contributed by atoms with E-state index in [1.807, 2.05) is 11.8 Å². The predicted molar refractivity (Wildman–Crippen MR) is 104 cm³/mol. The van der Waals surface area contributed by atoms with Crippen LogP contribution in [0.15, 0.2) is 4.99 Å². The Hall–Kier alpha value is -0.530. The van der Waals surface area contributed by atoms with Crippen molar-refractivity contribution in [1.82, 2.24) is 15.5 Å². The normalized spacial score (nSPS) is 18.3. The van der Waals surface area contributed by atoms with Gasteiger partial charge in [-0.25, -0.2) is 0 Å². The standard InChI is InChI=1S/C16H32N4O.HI/c1-5-15(21)20-11-9-14(12-20)19-16(17-4)18-10-7-6-8-13(2)3;/h13-14H,5-12H2,1-4H3,(H2,17,18,19);1H. The number of unbranched alkanes of at least 4 members (excludes halogenated alkanes) is 1. The Morgan fingerprint density at radius 1 is 1.36 bits per heavy atom. The van der Waals surface area contributed by atoms with Gasteiger partial charge in [0.25, 0.3) is 0 Å². The Morgan fingerprint density at radius 3 is 2.68 bits per heavy atom. The zero-order valence-electron chi connectivity index (χ0n) is 14.5. The van der Waals surface area contributed by atoms with E-state index in [2.05, 4.69) is 29.5 Å². The number of hydrogen-bond donors (Lipinski definition) is 2. The highest BCUT2D eigenvalue weighted by molar-refractivity contribution is 14.0. The second-order valence-electron chi connectivity index (χ2n) is 6.21. The molecule has 0 aromatic heterocycles. The molecule has 0 aromatic carbocycles. The first kappa shape index (κ1) is 21.5. The summed E-state index contributed by atoms with van der Waals surface area (Å²) in [7, 11) is 1.80. The molecular formula is C16H33IN4O. The molecule has 22 heavy (non-hydrogen) atoms. The number of likely N-dealkylation sites (tertiary alicyclic amines) is 1. The van der Waals surface area contributed by atoms with Crippen LogP contribution in [0.3, 0.4) is 0 Å². The van der Waals surface area contributed by atoms with E-state index < -0.39 is 0 Å². The van der Waals surface area contributed by atoms with Crippen LogP contribution in [-0.4, -0.2) is 49.5 Å². The summed E-state index contributed by atoms with van der Waals surface area (Å²) < 4.78 is 0. The SMILES string of the molecule is CCC(=O)N1CCC(NC(=NC)NCCCCC(C)C)C1.I. The third-order valence-corrected chi connectivity index (χ3v) is 3.91. The van der Waals surface area contributed by atoms with Crippen LogP contribution in [0, 0.1) is 5.92 Å². The van der Waals surface area contributed by atoms with Gasteiger partial charge in [0.1, 0.15) is 0 Å². The zero-order valence-corrected chi connectivity index (χ0v) is 16.9. The van der Waals surface area contributed by atoms with Crippen LogP contribution in [0.25, 0.3) is 0 Å². The lowest BCUT2D eigenvalue weighted by Gasteiger charge is -2.18. The Balaban J connectivity index is 0.00000441. The fourth-order valence-corrected chi connectivity index (χ4v) is 2.60. The number of halogens is 1. The van der Waals surface area contributed by atoms with Crippen molar-refractivity contribution in [2.24, 2.45) is 10.9 Å². The minimum Gasteiger partial charge on any atom is -0.356 e. The van der Waals surface area contributed by atoms with Crippen molar-refractivity contribution in [2.45, 2.75) is 58.9 Å². The molecule has 6 heteroatoms. The molecular weight excluding hydrogens is 391 g/mol. The molecule has 0 radical (unpaired) electrons. The van der Waals surface area contributed by atoms with E-state index in [0.717, 1.165) is 37.9 Å². The fourth-order valence-electron chi connectivity index (χ4n) is 2.60. The zero-order chi connectivity index (χ0) is 15.7. The molecule has 130 valence electrons. The number of nitrogens with zero attached hydrogens (tertiary/aromatic N) is 2. The summed E-state index contributed by atoms with van der Waals surface area (Å²) in [6, 6.07) is 0.322. The molecule has 1 aliphatic heterocycles. The molecule has 0 spiro atoms. The van der Waals surface area contributed by atoms with Gasteiger partial charge >= 0.3 is 0 Å². The van der Waals surface area contributed by atoms with E-state index in [4.69, 9.17) is 0 Å². The Labute approximate surface area is 152 Å². The first-order chi connectivity index (χ1) is 10.1. The number of amides is 1. The van der Waals surface area contributed by atoms with Gasteiger partial charge in [-0.3, -0.25) is 9.79 Å². The molecule has 2 N–H and O–H groups in total. The van der Waals surface area contributed by atoms with Gasteiger partial charge in [-0.15, -0.1) is 24.0 Å². The summed E-state index contributed by atoms with van der Waals surface area (Å²) in [5, 5.41) is 6.78. The highest BCUT2D eigenvalue weighted by Crippen LogP contribution is 2.10. The van der Waals surface area contributed by atoms with E-state index in [0.29, 0.717) is 12.5 Å². The lowest BCUT2D eigenvalue weighted by Crippen LogP contribution is -2.45. The fraction of sp³-hybridized carbons (Fsp3) is 0.875. The number of carbonyl (C=O) groups is 1. The molecule has 1 atom stereocenters. The smallest absolute Gasteiger partial charge is 0.222 e. The van der Waals surface area contributed by atoms with Crippen molar-refractivity contribution < 1.29 is 4.79 Å². The van der Waals surface area contributed by atoms with E-state index in [9.17, 15) is 4.79 Å². The maximum atomic E-state index is 11.7. The van der Waals surface area contributed by atoms with Crippen LogP contribution in [0.5, 0.6) is 0 Å². The second kappa shape index (κ2) is 12.0. The summed E-state index contributed by atoms with van der Waals surface area (Å²) >= 11 is 0. The van der Waals surface area contributed by atoms with Crippen LogP contribution in [-0.2, 0) is 4.79 Å². The quantitative estimate of drug-likeness (QED) is 0.286. The molecule has 0 aliphatic carbocycles. The van der Waals surface area contributed by atoms with E-state index in [1.54, 1.807) is 7.05 Å². The molecule has 0 aromatic rings.